The molecule has 1 fully saturated rings. The Kier molecular flexibility index (Phi) is 3.79. The molecule has 0 aromatic heterocycles. The van der Waals surface area contributed by atoms with Crippen LogP contribution in [0.1, 0.15) is 37.8 Å². The molecule has 0 spiro atoms. The molecule has 2 aliphatic rings. The molecule has 1 aromatic carbocycles. The maximum absolute atomic E-state index is 3.54. The molecule has 19 heavy (non-hydrogen) atoms. The molecule has 0 saturated carbocycles. The Morgan fingerprint density at radius 2 is 2.16 bits per heavy atom. The number of likely N-dealkylation sites (tertiary alicyclic amines) is 1. The van der Waals surface area contributed by atoms with Crippen LogP contribution in [0.25, 0.3) is 0 Å². The summed E-state index contributed by atoms with van der Waals surface area (Å²) in [6, 6.07) is 6.77. The summed E-state index contributed by atoms with van der Waals surface area (Å²) in [5, 5.41) is 3.54. The highest BCUT2D eigenvalue weighted by Gasteiger charge is 2.23. The molecular formula is C17H26N2. The van der Waals surface area contributed by atoms with Crippen molar-refractivity contribution in [3.8, 4) is 0 Å². The van der Waals surface area contributed by atoms with Gasteiger partial charge in [-0.3, -0.25) is 4.90 Å². The number of hydrogen-bond acceptors (Lipinski definition) is 2. The lowest BCUT2D eigenvalue weighted by atomic mass is 9.88. The molecule has 0 aliphatic carbocycles. The van der Waals surface area contributed by atoms with Crippen molar-refractivity contribution in [2.24, 2.45) is 11.8 Å². The second-order valence-corrected chi connectivity index (χ2v) is 6.45. The van der Waals surface area contributed by atoms with Gasteiger partial charge in [0, 0.05) is 25.3 Å². The number of benzene rings is 1. The Morgan fingerprint density at radius 3 is 3.00 bits per heavy atom. The Labute approximate surface area is 117 Å². The van der Waals surface area contributed by atoms with Crippen molar-refractivity contribution in [2.45, 2.75) is 39.7 Å². The summed E-state index contributed by atoms with van der Waals surface area (Å²) in [5.41, 5.74) is 4.49. The van der Waals surface area contributed by atoms with Gasteiger partial charge in [-0.25, -0.2) is 0 Å². The van der Waals surface area contributed by atoms with E-state index in [4.69, 9.17) is 0 Å². The fraction of sp³-hybridized carbons (Fsp3) is 0.647. The molecule has 2 atom stereocenters. The predicted molar refractivity (Wildman–Crippen MR) is 81.5 cm³/mol. The number of hydrogen-bond donors (Lipinski definition) is 1. The highest BCUT2D eigenvalue weighted by Crippen LogP contribution is 2.28. The van der Waals surface area contributed by atoms with Crippen LogP contribution in [0.3, 0.4) is 0 Å². The smallest absolute Gasteiger partial charge is 0.0375 e. The number of nitrogens with zero attached hydrogens (tertiary/aromatic N) is 1. The molecular weight excluding hydrogens is 232 g/mol. The summed E-state index contributed by atoms with van der Waals surface area (Å²) in [6.45, 7) is 9.60. The molecule has 2 heterocycles. The minimum Gasteiger partial charge on any atom is -0.385 e. The van der Waals surface area contributed by atoms with E-state index in [9.17, 15) is 0 Å². The van der Waals surface area contributed by atoms with Gasteiger partial charge in [0.15, 0.2) is 0 Å². The zero-order chi connectivity index (χ0) is 13.2. The van der Waals surface area contributed by atoms with Gasteiger partial charge in [-0.15, -0.1) is 0 Å². The van der Waals surface area contributed by atoms with Crippen LogP contribution in [-0.4, -0.2) is 24.5 Å². The molecule has 2 aliphatic heterocycles. The normalized spacial score (nSPS) is 27.7. The monoisotopic (exact) mass is 258 g/mol. The summed E-state index contributed by atoms with van der Waals surface area (Å²) < 4.78 is 0. The van der Waals surface area contributed by atoms with Crippen molar-refractivity contribution in [1.82, 2.24) is 4.90 Å². The van der Waals surface area contributed by atoms with Gasteiger partial charge in [-0.2, -0.15) is 0 Å². The number of nitrogens with one attached hydrogen (secondary N) is 1. The Hall–Kier alpha value is -1.02. The average Bonchev–Trinajstić information content (AvgIpc) is 2.43. The highest BCUT2D eigenvalue weighted by molar-refractivity contribution is 5.56. The van der Waals surface area contributed by atoms with Crippen molar-refractivity contribution in [3.63, 3.8) is 0 Å². The predicted octanol–water partition coefficient (Wildman–Crippen LogP) is 3.52. The van der Waals surface area contributed by atoms with Crippen LogP contribution in [0.2, 0.25) is 0 Å². The minimum atomic E-state index is 0.839. The van der Waals surface area contributed by atoms with E-state index in [-0.39, 0.29) is 0 Å². The molecule has 1 N–H and O–H groups in total. The Balaban J connectivity index is 1.73. The third-order valence-electron chi connectivity index (χ3n) is 5.00. The summed E-state index contributed by atoms with van der Waals surface area (Å²) in [6.07, 6.45) is 3.88. The van der Waals surface area contributed by atoms with Gasteiger partial charge in [0.1, 0.15) is 0 Å². The molecule has 0 amide bonds. The van der Waals surface area contributed by atoms with E-state index in [2.05, 4.69) is 42.3 Å². The molecule has 3 rings (SSSR count). The van der Waals surface area contributed by atoms with Crippen LogP contribution in [0.4, 0.5) is 5.69 Å². The van der Waals surface area contributed by atoms with Gasteiger partial charge >= 0.3 is 0 Å². The summed E-state index contributed by atoms with van der Waals surface area (Å²) in [4.78, 5) is 2.65. The van der Waals surface area contributed by atoms with Crippen molar-refractivity contribution < 1.29 is 0 Å². The van der Waals surface area contributed by atoms with E-state index in [0.717, 1.165) is 24.9 Å². The summed E-state index contributed by atoms with van der Waals surface area (Å²) in [5.74, 6) is 1.73. The summed E-state index contributed by atoms with van der Waals surface area (Å²) >= 11 is 0. The van der Waals surface area contributed by atoms with Crippen LogP contribution in [0.5, 0.6) is 0 Å². The standard InChI is InChI=1S/C17H26N2/c1-13-8-10-19(11-14(13)2)12-15-5-3-7-17-16(15)6-4-9-18-17/h3,5,7,13-14,18H,4,6,8-12H2,1-2H3. The van der Waals surface area contributed by atoms with Crippen molar-refractivity contribution in [2.75, 3.05) is 25.0 Å². The van der Waals surface area contributed by atoms with Crippen LogP contribution in [-0.2, 0) is 13.0 Å². The first-order valence-corrected chi connectivity index (χ1v) is 7.81. The maximum atomic E-state index is 3.54. The molecule has 104 valence electrons. The van der Waals surface area contributed by atoms with Gasteiger partial charge in [-0.05, 0) is 54.8 Å². The van der Waals surface area contributed by atoms with E-state index in [0.29, 0.717) is 0 Å². The largest absolute Gasteiger partial charge is 0.385 e. The van der Waals surface area contributed by atoms with Gasteiger partial charge in [-0.1, -0.05) is 26.0 Å². The first-order valence-electron chi connectivity index (χ1n) is 7.81. The molecule has 2 nitrogen and oxygen atoms in total. The number of anilines is 1. The third kappa shape index (κ3) is 2.79. The highest BCUT2D eigenvalue weighted by atomic mass is 15.1. The van der Waals surface area contributed by atoms with Gasteiger partial charge in [0.2, 0.25) is 0 Å². The third-order valence-corrected chi connectivity index (χ3v) is 5.00. The number of piperidine rings is 1. The van der Waals surface area contributed by atoms with Gasteiger partial charge in [0.25, 0.3) is 0 Å². The molecule has 1 saturated heterocycles. The zero-order valence-electron chi connectivity index (χ0n) is 12.3. The zero-order valence-corrected chi connectivity index (χ0v) is 12.3. The number of rotatable bonds is 2. The first kappa shape index (κ1) is 13.0. The number of fused-ring (bicyclic) bond motifs is 1. The van der Waals surface area contributed by atoms with Crippen LogP contribution in [0.15, 0.2) is 18.2 Å². The van der Waals surface area contributed by atoms with E-state index in [1.807, 2.05) is 0 Å². The Bertz CT molecular complexity index is 441. The molecule has 2 unspecified atom stereocenters. The lowest BCUT2D eigenvalue weighted by Crippen LogP contribution is -2.38. The molecule has 0 radical (unpaired) electrons. The van der Waals surface area contributed by atoms with Crippen LogP contribution in [0, 0.1) is 11.8 Å². The molecule has 1 aromatic rings. The second kappa shape index (κ2) is 5.54. The summed E-state index contributed by atoms with van der Waals surface area (Å²) in [7, 11) is 0. The van der Waals surface area contributed by atoms with Crippen molar-refractivity contribution in [3.05, 3.63) is 29.3 Å². The van der Waals surface area contributed by atoms with E-state index >= 15 is 0 Å². The van der Waals surface area contributed by atoms with Gasteiger partial charge < -0.3 is 5.32 Å². The maximum Gasteiger partial charge on any atom is 0.0375 e. The van der Waals surface area contributed by atoms with Gasteiger partial charge in [0.05, 0.1) is 0 Å². The minimum absolute atomic E-state index is 0.839. The lowest BCUT2D eigenvalue weighted by molar-refractivity contribution is 0.132. The molecule has 0 bridgehead atoms. The fourth-order valence-corrected chi connectivity index (χ4v) is 3.47. The van der Waals surface area contributed by atoms with Crippen molar-refractivity contribution in [1.29, 1.82) is 0 Å². The Morgan fingerprint density at radius 1 is 1.26 bits per heavy atom. The van der Waals surface area contributed by atoms with E-state index < -0.39 is 0 Å². The topological polar surface area (TPSA) is 15.3 Å². The average molecular weight is 258 g/mol. The second-order valence-electron chi connectivity index (χ2n) is 6.45. The van der Waals surface area contributed by atoms with E-state index in [1.54, 1.807) is 11.1 Å². The molecule has 2 heteroatoms. The quantitative estimate of drug-likeness (QED) is 0.873. The lowest BCUT2D eigenvalue weighted by Gasteiger charge is -2.36. The van der Waals surface area contributed by atoms with Crippen LogP contribution < -0.4 is 5.32 Å². The van der Waals surface area contributed by atoms with E-state index in [1.165, 1.54) is 38.0 Å². The van der Waals surface area contributed by atoms with Crippen molar-refractivity contribution >= 4 is 5.69 Å². The van der Waals surface area contributed by atoms with Crippen LogP contribution >= 0.6 is 0 Å². The first-order chi connectivity index (χ1) is 9.24. The fourth-order valence-electron chi connectivity index (χ4n) is 3.47. The SMILES string of the molecule is CC1CCN(Cc2cccc3c2CCCN3)CC1C.